The van der Waals surface area contributed by atoms with E-state index in [1.54, 1.807) is 0 Å². The van der Waals surface area contributed by atoms with E-state index < -0.39 is 21.8 Å². The van der Waals surface area contributed by atoms with E-state index in [2.05, 4.69) is 5.32 Å². The monoisotopic (exact) mass is 406 g/mol. The summed E-state index contributed by atoms with van der Waals surface area (Å²) >= 11 is 0. The van der Waals surface area contributed by atoms with Crippen molar-refractivity contribution in [1.29, 1.82) is 0 Å². The van der Waals surface area contributed by atoms with Crippen molar-refractivity contribution in [2.75, 3.05) is 17.6 Å². The number of nitrogens with zero attached hydrogens (tertiary/aromatic N) is 2. The number of benzene rings is 2. The molecule has 154 valence electrons. The maximum atomic E-state index is 10.8. The van der Waals surface area contributed by atoms with Gasteiger partial charge in [-0.1, -0.05) is 6.92 Å². The number of aromatic carboxylic acids is 2. The molecule has 12 nitrogen and oxygen atoms in total. The minimum atomic E-state index is -1.24. The van der Waals surface area contributed by atoms with Crippen LogP contribution < -0.4 is 11.1 Å². The predicted octanol–water partition coefficient (Wildman–Crippen LogP) is 2.99. The smallest absolute Gasteiger partial charge is 0.336 e. The lowest BCUT2D eigenvalue weighted by Crippen LogP contribution is -2.04. The molecule has 12 heteroatoms. The summed E-state index contributed by atoms with van der Waals surface area (Å²) < 4.78 is 0. The molecule has 0 amide bonds. The Bertz CT molecular complexity index is 881. The van der Waals surface area contributed by atoms with Gasteiger partial charge < -0.3 is 21.3 Å². The first-order valence-electron chi connectivity index (χ1n) is 8.10. The standard InChI is InChI=1S/C10H12N2O4.C7H6N2O4/c1-2-3-11-8-4-7(10(13)14)5-9(6-8)12(15)16;8-5-1-4(7(10)11)2-6(3-5)9(12)13/h4-6,11H,2-3H2,1H3,(H,13,14);1-3H,8H2,(H,10,11). The Morgan fingerprint density at radius 3 is 1.86 bits per heavy atom. The zero-order valence-corrected chi connectivity index (χ0v) is 15.2. The van der Waals surface area contributed by atoms with Crippen molar-refractivity contribution in [2.45, 2.75) is 13.3 Å². The summed E-state index contributed by atoms with van der Waals surface area (Å²) in [4.78, 5) is 40.8. The molecule has 29 heavy (non-hydrogen) atoms. The van der Waals surface area contributed by atoms with Crippen LogP contribution in [-0.2, 0) is 0 Å². The summed E-state index contributed by atoms with van der Waals surface area (Å²) in [6, 6.07) is 6.97. The highest BCUT2D eigenvalue weighted by Crippen LogP contribution is 2.21. The number of carboxylic acid groups (broad SMARTS) is 2. The number of nitro benzene ring substituents is 2. The molecule has 0 saturated heterocycles. The fourth-order valence-corrected chi connectivity index (χ4v) is 2.07. The van der Waals surface area contributed by atoms with Gasteiger partial charge in [-0.2, -0.15) is 0 Å². The number of nitro groups is 2. The van der Waals surface area contributed by atoms with Crippen LogP contribution in [0.15, 0.2) is 36.4 Å². The predicted molar refractivity (Wildman–Crippen MR) is 103 cm³/mol. The Morgan fingerprint density at radius 1 is 0.931 bits per heavy atom. The number of non-ortho nitro benzene ring substituents is 2. The topological polar surface area (TPSA) is 199 Å². The number of carbonyl (C=O) groups is 2. The lowest BCUT2D eigenvalue weighted by molar-refractivity contribution is -0.385. The van der Waals surface area contributed by atoms with Gasteiger partial charge in [0.05, 0.1) is 21.0 Å². The number of hydrogen-bond acceptors (Lipinski definition) is 8. The summed E-state index contributed by atoms with van der Waals surface area (Å²) in [5.74, 6) is -2.42. The number of nitrogens with one attached hydrogen (secondary N) is 1. The lowest BCUT2D eigenvalue weighted by atomic mass is 10.1. The first-order chi connectivity index (χ1) is 13.5. The third-order valence-electron chi connectivity index (χ3n) is 3.35. The fourth-order valence-electron chi connectivity index (χ4n) is 2.07. The first-order valence-corrected chi connectivity index (χ1v) is 8.10. The zero-order valence-electron chi connectivity index (χ0n) is 15.2. The lowest BCUT2D eigenvalue weighted by Gasteiger charge is -2.05. The Kier molecular flexibility index (Phi) is 8.03. The molecule has 2 aromatic rings. The molecule has 0 bridgehead atoms. The van der Waals surface area contributed by atoms with Gasteiger partial charge in [0.1, 0.15) is 0 Å². The summed E-state index contributed by atoms with van der Waals surface area (Å²) in [7, 11) is 0. The van der Waals surface area contributed by atoms with Gasteiger partial charge in [0.25, 0.3) is 11.4 Å². The van der Waals surface area contributed by atoms with E-state index in [9.17, 15) is 29.8 Å². The van der Waals surface area contributed by atoms with Gasteiger partial charge in [-0.15, -0.1) is 0 Å². The third-order valence-corrected chi connectivity index (χ3v) is 3.35. The van der Waals surface area contributed by atoms with Gasteiger partial charge in [0.15, 0.2) is 0 Å². The molecule has 0 aliphatic heterocycles. The fraction of sp³-hybridized carbons (Fsp3) is 0.176. The van der Waals surface area contributed by atoms with Crippen LogP contribution in [0.1, 0.15) is 34.1 Å². The number of nitrogen functional groups attached to an aromatic ring is 1. The van der Waals surface area contributed by atoms with Crippen LogP contribution in [0.25, 0.3) is 0 Å². The zero-order chi connectivity index (χ0) is 22.1. The first kappa shape index (κ1) is 22.8. The van der Waals surface area contributed by atoms with Crippen LogP contribution in [0, 0.1) is 20.2 Å². The van der Waals surface area contributed by atoms with Crippen molar-refractivity contribution in [3.8, 4) is 0 Å². The van der Waals surface area contributed by atoms with Gasteiger partial charge in [-0.3, -0.25) is 20.2 Å². The van der Waals surface area contributed by atoms with Crippen LogP contribution in [0.5, 0.6) is 0 Å². The van der Waals surface area contributed by atoms with Crippen molar-refractivity contribution in [3.63, 3.8) is 0 Å². The molecule has 0 aliphatic carbocycles. The van der Waals surface area contributed by atoms with E-state index in [1.165, 1.54) is 12.1 Å². The van der Waals surface area contributed by atoms with Crippen LogP contribution in [-0.4, -0.2) is 38.5 Å². The molecule has 0 heterocycles. The van der Waals surface area contributed by atoms with E-state index in [-0.39, 0.29) is 28.2 Å². The highest BCUT2D eigenvalue weighted by atomic mass is 16.6. The quantitative estimate of drug-likeness (QED) is 0.301. The van der Waals surface area contributed by atoms with Gasteiger partial charge >= 0.3 is 11.9 Å². The van der Waals surface area contributed by atoms with E-state index in [1.807, 2.05) is 6.92 Å². The van der Waals surface area contributed by atoms with E-state index >= 15 is 0 Å². The summed E-state index contributed by atoms with van der Waals surface area (Å²) in [5, 5.41) is 41.1. The van der Waals surface area contributed by atoms with E-state index in [0.717, 1.165) is 30.7 Å². The van der Waals surface area contributed by atoms with Crippen LogP contribution in [0.3, 0.4) is 0 Å². The number of rotatable bonds is 7. The third kappa shape index (κ3) is 7.13. The highest BCUT2D eigenvalue weighted by molar-refractivity contribution is 5.90. The summed E-state index contributed by atoms with van der Waals surface area (Å²) in [6.07, 6.45) is 0.852. The Hall–Kier alpha value is -4.22. The molecule has 0 atom stereocenters. The summed E-state index contributed by atoms with van der Waals surface area (Å²) in [6.45, 7) is 2.59. The second-order valence-corrected chi connectivity index (χ2v) is 5.63. The largest absolute Gasteiger partial charge is 0.478 e. The molecule has 0 aliphatic rings. The molecule has 0 unspecified atom stereocenters. The van der Waals surface area contributed by atoms with Gasteiger partial charge in [0.2, 0.25) is 0 Å². The van der Waals surface area contributed by atoms with E-state index in [0.29, 0.717) is 12.2 Å². The maximum absolute atomic E-state index is 10.8. The molecule has 0 spiro atoms. The molecule has 2 rings (SSSR count). The molecule has 5 N–H and O–H groups in total. The SMILES string of the molecule is CCCNc1cc(C(=O)O)cc([N+](=O)[O-])c1.Nc1cc(C(=O)O)cc([N+](=O)[O-])c1. The average molecular weight is 406 g/mol. The summed E-state index contributed by atoms with van der Waals surface area (Å²) in [5.41, 5.74) is 4.96. The second kappa shape index (κ2) is 10.2. The van der Waals surface area contributed by atoms with Crippen molar-refractivity contribution in [1.82, 2.24) is 0 Å². The normalized spacial score (nSPS) is 9.69. The minimum absolute atomic E-state index is 0.0617. The molecular formula is C17H18N4O8. The highest BCUT2D eigenvalue weighted by Gasteiger charge is 2.13. The van der Waals surface area contributed by atoms with Crippen LogP contribution in [0.4, 0.5) is 22.7 Å². The molecule has 0 radical (unpaired) electrons. The number of carboxylic acids is 2. The number of hydrogen-bond donors (Lipinski definition) is 4. The van der Waals surface area contributed by atoms with E-state index in [4.69, 9.17) is 15.9 Å². The Morgan fingerprint density at radius 2 is 1.41 bits per heavy atom. The van der Waals surface area contributed by atoms with Crippen LogP contribution >= 0.6 is 0 Å². The van der Waals surface area contributed by atoms with Gasteiger partial charge in [-0.25, -0.2) is 9.59 Å². The van der Waals surface area contributed by atoms with Crippen molar-refractivity contribution in [3.05, 3.63) is 67.8 Å². The Labute approximate surface area is 163 Å². The minimum Gasteiger partial charge on any atom is -0.478 e. The maximum Gasteiger partial charge on any atom is 0.336 e. The average Bonchev–Trinajstić information content (AvgIpc) is 2.65. The molecule has 0 aromatic heterocycles. The van der Waals surface area contributed by atoms with Gasteiger partial charge in [-0.05, 0) is 18.6 Å². The van der Waals surface area contributed by atoms with Crippen molar-refractivity contribution in [2.24, 2.45) is 0 Å². The van der Waals surface area contributed by atoms with Crippen molar-refractivity contribution < 1.29 is 29.6 Å². The molecule has 2 aromatic carbocycles. The molecule has 0 fully saturated rings. The Balaban J connectivity index is 0.000000296. The van der Waals surface area contributed by atoms with Gasteiger partial charge in [0, 0.05) is 42.2 Å². The second-order valence-electron chi connectivity index (χ2n) is 5.63. The molecular weight excluding hydrogens is 388 g/mol. The number of anilines is 2. The number of nitrogens with two attached hydrogens (primary N) is 1. The van der Waals surface area contributed by atoms with Crippen molar-refractivity contribution >= 4 is 34.7 Å². The molecule has 0 saturated carbocycles. The van der Waals surface area contributed by atoms with Crippen LogP contribution in [0.2, 0.25) is 0 Å².